The molecular weight excluding hydrogens is 268 g/mol. The van der Waals surface area contributed by atoms with Gasteiger partial charge in [0, 0.05) is 29.3 Å². The first-order valence-corrected chi connectivity index (χ1v) is 7.16. The average molecular weight is 285 g/mol. The van der Waals surface area contributed by atoms with Crippen LogP contribution in [0.3, 0.4) is 0 Å². The van der Waals surface area contributed by atoms with Crippen molar-refractivity contribution in [2.75, 3.05) is 0 Å². The summed E-state index contributed by atoms with van der Waals surface area (Å²) in [5, 5.41) is 5.59. The quantitative estimate of drug-likeness (QED) is 0.716. The smallest absolute Gasteiger partial charge is 0.0499 e. The van der Waals surface area contributed by atoms with Crippen LogP contribution in [-0.4, -0.2) is 4.98 Å². The number of halogens is 1. The molecular formula is C17H17ClN2. The predicted octanol–water partition coefficient (Wildman–Crippen LogP) is 4.67. The molecule has 0 aliphatic rings. The number of benzene rings is 2. The fraction of sp³-hybridized carbons (Fsp3) is 0.176. The second-order valence-electron chi connectivity index (χ2n) is 4.98. The van der Waals surface area contributed by atoms with Crippen LogP contribution in [0.15, 0.2) is 54.7 Å². The van der Waals surface area contributed by atoms with E-state index in [0.717, 1.165) is 17.1 Å². The van der Waals surface area contributed by atoms with Gasteiger partial charge in [-0.25, -0.2) is 0 Å². The van der Waals surface area contributed by atoms with Crippen molar-refractivity contribution in [3.05, 3.63) is 70.9 Å². The first-order valence-electron chi connectivity index (χ1n) is 6.78. The van der Waals surface area contributed by atoms with E-state index in [-0.39, 0.29) is 6.04 Å². The Kier molecular flexibility index (Phi) is 3.77. The third kappa shape index (κ3) is 2.58. The van der Waals surface area contributed by atoms with Gasteiger partial charge in [0.1, 0.15) is 0 Å². The molecule has 0 saturated heterocycles. The van der Waals surface area contributed by atoms with Gasteiger partial charge >= 0.3 is 0 Å². The molecule has 0 spiro atoms. The number of nitrogens with one attached hydrogen (secondary N) is 2. The summed E-state index contributed by atoms with van der Waals surface area (Å²) in [5.74, 6) is 0. The number of H-pyrrole nitrogens is 1. The van der Waals surface area contributed by atoms with Crippen molar-refractivity contribution < 1.29 is 0 Å². The van der Waals surface area contributed by atoms with Crippen molar-refractivity contribution in [3.8, 4) is 0 Å². The fourth-order valence-electron chi connectivity index (χ4n) is 2.50. The molecule has 3 rings (SSSR count). The summed E-state index contributed by atoms with van der Waals surface area (Å²) in [6.45, 7) is 2.94. The first kappa shape index (κ1) is 13.2. The SMILES string of the molecule is C[C@H](NCc1cccc2cc[nH]c12)c1ccccc1Cl. The molecule has 0 aliphatic carbocycles. The molecule has 2 N–H and O–H groups in total. The Balaban J connectivity index is 1.76. The third-order valence-electron chi connectivity index (χ3n) is 3.64. The lowest BCUT2D eigenvalue weighted by Crippen LogP contribution is -2.18. The van der Waals surface area contributed by atoms with Crippen molar-refractivity contribution >= 4 is 22.5 Å². The van der Waals surface area contributed by atoms with Crippen LogP contribution in [0.2, 0.25) is 5.02 Å². The molecule has 1 heterocycles. The van der Waals surface area contributed by atoms with Gasteiger partial charge in [0.05, 0.1) is 0 Å². The Bertz CT molecular complexity index is 718. The Hall–Kier alpha value is -1.77. The fourth-order valence-corrected chi connectivity index (χ4v) is 2.80. The number of aromatic amines is 1. The van der Waals surface area contributed by atoms with Crippen molar-refractivity contribution in [2.45, 2.75) is 19.5 Å². The molecule has 3 aromatic rings. The highest BCUT2D eigenvalue weighted by atomic mass is 35.5. The van der Waals surface area contributed by atoms with Crippen molar-refractivity contribution in [1.29, 1.82) is 0 Å². The molecule has 1 atom stereocenters. The summed E-state index contributed by atoms with van der Waals surface area (Å²) in [5.41, 5.74) is 3.60. The molecule has 0 unspecified atom stereocenters. The third-order valence-corrected chi connectivity index (χ3v) is 3.99. The lowest BCUT2D eigenvalue weighted by molar-refractivity contribution is 0.576. The van der Waals surface area contributed by atoms with Crippen molar-refractivity contribution in [2.24, 2.45) is 0 Å². The van der Waals surface area contributed by atoms with Crippen LogP contribution in [0.4, 0.5) is 0 Å². The predicted molar refractivity (Wildman–Crippen MR) is 85.0 cm³/mol. The normalized spacial score (nSPS) is 12.7. The number of rotatable bonds is 4. The molecule has 0 radical (unpaired) electrons. The van der Waals surface area contributed by atoms with Gasteiger partial charge in [-0.15, -0.1) is 0 Å². The molecule has 2 aromatic carbocycles. The topological polar surface area (TPSA) is 27.8 Å². The highest BCUT2D eigenvalue weighted by Crippen LogP contribution is 2.23. The van der Waals surface area contributed by atoms with E-state index in [0.29, 0.717) is 0 Å². The van der Waals surface area contributed by atoms with Gasteiger partial charge in [-0.05, 0) is 35.6 Å². The summed E-state index contributed by atoms with van der Waals surface area (Å²) in [7, 11) is 0. The van der Waals surface area contributed by atoms with E-state index < -0.39 is 0 Å². The van der Waals surface area contributed by atoms with Crippen LogP contribution in [-0.2, 0) is 6.54 Å². The van der Waals surface area contributed by atoms with Gasteiger partial charge in [0.25, 0.3) is 0 Å². The van der Waals surface area contributed by atoms with E-state index in [1.807, 2.05) is 24.4 Å². The molecule has 20 heavy (non-hydrogen) atoms. The largest absolute Gasteiger partial charge is 0.361 e. The zero-order chi connectivity index (χ0) is 13.9. The monoisotopic (exact) mass is 284 g/mol. The van der Waals surface area contributed by atoms with Crippen LogP contribution >= 0.6 is 11.6 Å². The van der Waals surface area contributed by atoms with Crippen LogP contribution in [0, 0.1) is 0 Å². The van der Waals surface area contributed by atoms with E-state index in [1.165, 1.54) is 16.5 Å². The number of hydrogen-bond donors (Lipinski definition) is 2. The second kappa shape index (κ2) is 5.70. The summed E-state index contributed by atoms with van der Waals surface area (Å²) < 4.78 is 0. The molecule has 0 aliphatic heterocycles. The zero-order valence-corrected chi connectivity index (χ0v) is 12.1. The molecule has 0 saturated carbocycles. The van der Waals surface area contributed by atoms with Crippen LogP contribution in [0.1, 0.15) is 24.1 Å². The van der Waals surface area contributed by atoms with Gasteiger partial charge in [-0.3, -0.25) is 0 Å². The maximum absolute atomic E-state index is 6.23. The van der Waals surface area contributed by atoms with E-state index in [9.17, 15) is 0 Å². The van der Waals surface area contributed by atoms with E-state index >= 15 is 0 Å². The molecule has 0 bridgehead atoms. The Morgan fingerprint density at radius 1 is 1.10 bits per heavy atom. The lowest BCUT2D eigenvalue weighted by atomic mass is 10.1. The van der Waals surface area contributed by atoms with Crippen LogP contribution < -0.4 is 5.32 Å². The maximum atomic E-state index is 6.23. The van der Waals surface area contributed by atoms with Gasteiger partial charge in [0.2, 0.25) is 0 Å². The lowest BCUT2D eigenvalue weighted by Gasteiger charge is -2.16. The minimum Gasteiger partial charge on any atom is -0.361 e. The van der Waals surface area contributed by atoms with Gasteiger partial charge in [0.15, 0.2) is 0 Å². The van der Waals surface area contributed by atoms with Crippen molar-refractivity contribution in [1.82, 2.24) is 10.3 Å². The minimum absolute atomic E-state index is 0.217. The van der Waals surface area contributed by atoms with Crippen molar-refractivity contribution in [3.63, 3.8) is 0 Å². The molecule has 1 aromatic heterocycles. The van der Waals surface area contributed by atoms with E-state index in [4.69, 9.17) is 11.6 Å². The summed E-state index contributed by atoms with van der Waals surface area (Å²) in [4.78, 5) is 3.30. The molecule has 0 amide bonds. The minimum atomic E-state index is 0.217. The highest BCUT2D eigenvalue weighted by molar-refractivity contribution is 6.31. The summed E-state index contributed by atoms with van der Waals surface area (Å²) in [6.07, 6.45) is 1.98. The number of hydrogen-bond acceptors (Lipinski definition) is 1. The standard InChI is InChI=1S/C17H17ClN2/c1-12(15-7-2-3-8-16(15)18)20-11-14-6-4-5-13-9-10-19-17(13)14/h2-10,12,19-20H,11H2,1H3/t12-/m0/s1. The number of aromatic nitrogens is 1. The summed E-state index contributed by atoms with van der Waals surface area (Å²) >= 11 is 6.23. The molecule has 102 valence electrons. The average Bonchev–Trinajstić information content (AvgIpc) is 2.94. The van der Waals surface area contributed by atoms with E-state index in [2.05, 4.69) is 47.6 Å². The Labute approximate surface area is 123 Å². The van der Waals surface area contributed by atoms with Gasteiger partial charge < -0.3 is 10.3 Å². The summed E-state index contributed by atoms with van der Waals surface area (Å²) in [6, 6.07) is 16.6. The highest BCUT2D eigenvalue weighted by Gasteiger charge is 2.09. The molecule has 2 nitrogen and oxygen atoms in total. The zero-order valence-electron chi connectivity index (χ0n) is 11.4. The Morgan fingerprint density at radius 3 is 2.80 bits per heavy atom. The van der Waals surface area contributed by atoms with Crippen LogP contribution in [0.5, 0.6) is 0 Å². The number of para-hydroxylation sites is 1. The Morgan fingerprint density at radius 2 is 1.95 bits per heavy atom. The molecule has 3 heteroatoms. The van der Waals surface area contributed by atoms with E-state index in [1.54, 1.807) is 0 Å². The maximum Gasteiger partial charge on any atom is 0.0499 e. The van der Waals surface area contributed by atoms with Gasteiger partial charge in [-0.2, -0.15) is 0 Å². The number of fused-ring (bicyclic) bond motifs is 1. The second-order valence-corrected chi connectivity index (χ2v) is 5.39. The molecule has 0 fully saturated rings. The van der Waals surface area contributed by atoms with Crippen LogP contribution in [0.25, 0.3) is 10.9 Å². The van der Waals surface area contributed by atoms with Gasteiger partial charge in [-0.1, -0.05) is 48.0 Å². The first-order chi connectivity index (χ1) is 9.75.